The number of aromatic nitrogens is 2. The maximum absolute atomic E-state index is 12.8. The molecular formula is C30H35N5O6S2. The van der Waals surface area contributed by atoms with Crippen molar-refractivity contribution in [2.75, 3.05) is 19.6 Å². The molecule has 0 spiro atoms. The highest BCUT2D eigenvalue weighted by atomic mass is 32.1. The van der Waals surface area contributed by atoms with Crippen LogP contribution in [-0.2, 0) is 35.5 Å². The van der Waals surface area contributed by atoms with Crippen LogP contribution in [0.2, 0.25) is 0 Å². The lowest BCUT2D eigenvalue weighted by Gasteiger charge is -2.31. The third-order valence-electron chi connectivity index (χ3n) is 6.54. The minimum absolute atomic E-state index is 0.127. The number of aromatic hydroxyl groups is 2. The van der Waals surface area contributed by atoms with E-state index in [9.17, 15) is 19.8 Å². The van der Waals surface area contributed by atoms with Gasteiger partial charge in [0.1, 0.15) is 24.7 Å². The largest absolute Gasteiger partial charge is 0.508 e. The van der Waals surface area contributed by atoms with Crippen molar-refractivity contribution in [1.82, 2.24) is 25.5 Å². The van der Waals surface area contributed by atoms with Crippen molar-refractivity contribution in [3.63, 3.8) is 0 Å². The number of hydrogen-bond acceptors (Lipinski definition) is 11. The molecule has 43 heavy (non-hydrogen) atoms. The summed E-state index contributed by atoms with van der Waals surface area (Å²) in [5.41, 5.74) is 5.24. The van der Waals surface area contributed by atoms with Crippen molar-refractivity contribution in [2.24, 2.45) is 0 Å². The molecule has 0 aliphatic heterocycles. The highest BCUT2D eigenvalue weighted by Gasteiger charge is 2.22. The number of nitrogens with one attached hydrogen (secondary N) is 2. The van der Waals surface area contributed by atoms with Gasteiger partial charge in [-0.3, -0.25) is 14.9 Å². The third kappa shape index (κ3) is 11.2. The molecule has 2 amide bonds. The zero-order chi connectivity index (χ0) is 30.4. The summed E-state index contributed by atoms with van der Waals surface area (Å²) in [6.45, 7) is 3.85. The number of rotatable bonds is 15. The van der Waals surface area contributed by atoms with Gasteiger partial charge in [-0.25, -0.2) is 9.59 Å². The van der Waals surface area contributed by atoms with Crippen LogP contribution in [0.5, 0.6) is 11.5 Å². The molecule has 0 radical (unpaired) electrons. The minimum Gasteiger partial charge on any atom is -0.508 e. The van der Waals surface area contributed by atoms with Gasteiger partial charge in [-0.2, -0.15) is 0 Å². The number of carbonyl (C=O) groups is 2. The molecule has 4 N–H and O–H groups in total. The van der Waals surface area contributed by atoms with Crippen LogP contribution in [0.15, 0.2) is 71.9 Å². The van der Waals surface area contributed by atoms with Gasteiger partial charge >= 0.3 is 12.2 Å². The van der Waals surface area contributed by atoms with Gasteiger partial charge in [-0.05, 0) is 54.8 Å². The first-order chi connectivity index (χ1) is 20.9. The lowest BCUT2D eigenvalue weighted by atomic mass is 10.0. The number of likely N-dealkylation sites (N-methyl/N-ethyl adjacent to an activating group) is 1. The number of benzene rings is 2. The zero-order valence-electron chi connectivity index (χ0n) is 23.7. The van der Waals surface area contributed by atoms with Crippen LogP contribution in [0.4, 0.5) is 9.59 Å². The van der Waals surface area contributed by atoms with E-state index in [1.165, 1.54) is 22.7 Å². The van der Waals surface area contributed by atoms with Crippen molar-refractivity contribution in [1.29, 1.82) is 0 Å². The van der Waals surface area contributed by atoms with Crippen LogP contribution < -0.4 is 10.6 Å². The summed E-state index contributed by atoms with van der Waals surface area (Å²) in [7, 11) is 0. The fraction of sp³-hybridized carbons (Fsp3) is 0.333. The summed E-state index contributed by atoms with van der Waals surface area (Å²) in [6.07, 6.45) is 3.23. The molecular weight excluding hydrogens is 590 g/mol. The molecule has 4 rings (SSSR count). The topological polar surface area (TPSA) is 146 Å². The van der Waals surface area contributed by atoms with Crippen LogP contribution in [0, 0.1) is 0 Å². The Morgan fingerprint density at radius 3 is 1.53 bits per heavy atom. The molecule has 11 nitrogen and oxygen atoms in total. The molecule has 0 fully saturated rings. The second kappa shape index (κ2) is 16.4. The highest BCUT2D eigenvalue weighted by Crippen LogP contribution is 2.15. The van der Waals surface area contributed by atoms with E-state index >= 15 is 0 Å². The van der Waals surface area contributed by atoms with E-state index in [1.54, 1.807) is 47.7 Å². The van der Waals surface area contributed by atoms with E-state index in [4.69, 9.17) is 9.47 Å². The Balaban J connectivity index is 1.43. The number of carbonyl (C=O) groups excluding carboxylic acids is 2. The Labute approximate surface area is 258 Å². The molecule has 13 heteroatoms. The van der Waals surface area contributed by atoms with Crippen LogP contribution in [0.3, 0.4) is 0 Å². The van der Waals surface area contributed by atoms with Crippen molar-refractivity contribution >= 4 is 34.9 Å². The second-order valence-electron chi connectivity index (χ2n) is 9.86. The summed E-state index contributed by atoms with van der Waals surface area (Å²) in [5.74, 6) is 0.329. The van der Waals surface area contributed by atoms with Gasteiger partial charge in [0.05, 0.1) is 20.8 Å². The quantitative estimate of drug-likeness (QED) is 0.148. The number of thiazole rings is 2. The third-order valence-corrected chi connectivity index (χ3v) is 8.05. The van der Waals surface area contributed by atoms with E-state index in [0.29, 0.717) is 32.5 Å². The molecule has 0 aliphatic carbocycles. The van der Waals surface area contributed by atoms with Crippen molar-refractivity contribution in [3.05, 3.63) is 92.8 Å². The summed E-state index contributed by atoms with van der Waals surface area (Å²) in [5, 5.41) is 25.4. The van der Waals surface area contributed by atoms with E-state index < -0.39 is 12.2 Å². The maximum Gasteiger partial charge on any atom is 0.407 e. The predicted octanol–water partition coefficient (Wildman–Crippen LogP) is 4.71. The Morgan fingerprint density at radius 2 is 1.19 bits per heavy atom. The molecule has 4 aromatic rings. The van der Waals surface area contributed by atoms with Gasteiger partial charge in [0.2, 0.25) is 0 Å². The van der Waals surface area contributed by atoms with E-state index in [0.717, 1.165) is 20.9 Å². The maximum atomic E-state index is 12.8. The summed E-state index contributed by atoms with van der Waals surface area (Å²) in [6, 6.07) is 13.1. The summed E-state index contributed by atoms with van der Waals surface area (Å²) in [4.78, 5) is 37.4. The number of hydrogen-bond donors (Lipinski definition) is 4. The predicted molar refractivity (Wildman–Crippen MR) is 164 cm³/mol. The van der Waals surface area contributed by atoms with Gasteiger partial charge in [-0.15, -0.1) is 22.7 Å². The zero-order valence-corrected chi connectivity index (χ0v) is 25.4. The van der Waals surface area contributed by atoms with Crippen LogP contribution in [0.25, 0.3) is 0 Å². The molecule has 228 valence electrons. The van der Waals surface area contributed by atoms with Crippen LogP contribution in [-0.4, -0.2) is 69.0 Å². The molecule has 2 atom stereocenters. The molecule has 2 aromatic heterocycles. The molecule has 2 aromatic carbocycles. The Hall–Kier alpha value is -4.20. The molecule has 0 saturated carbocycles. The van der Waals surface area contributed by atoms with Crippen molar-refractivity contribution in [3.8, 4) is 11.5 Å². The number of nitrogens with zero attached hydrogens (tertiary/aromatic N) is 3. The van der Waals surface area contributed by atoms with Gasteiger partial charge in [0.25, 0.3) is 0 Å². The highest BCUT2D eigenvalue weighted by molar-refractivity contribution is 7.09. The average Bonchev–Trinajstić information content (AvgIpc) is 3.72. The van der Waals surface area contributed by atoms with Crippen molar-refractivity contribution < 1.29 is 29.3 Å². The first-order valence-corrected chi connectivity index (χ1v) is 15.5. The number of amides is 2. The second-order valence-corrected chi connectivity index (χ2v) is 11.8. The number of alkyl carbamates (subject to hydrolysis) is 2. The van der Waals surface area contributed by atoms with E-state index in [1.807, 2.05) is 31.2 Å². The molecule has 1 unspecified atom stereocenters. The first kappa shape index (κ1) is 31.7. The van der Waals surface area contributed by atoms with Crippen molar-refractivity contribution in [2.45, 2.75) is 45.1 Å². The van der Waals surface area contributed by atoms with Gasteiger partial charge in [-0.1, -0.05) is 31.2 Å². The summed E-state index contributed by atoms with van der Waals surface area (Å²) < 4.78 is 10.9. The molecule has 2 heterocycles. The lowest BCUT2D eigenvalue weighted by molar-refractivity contribution is 0.127. The Morgan fingerprint density at radius 1 is 0.767 bits per heavy atom. The standard InChI is InChI=1S/C30H35N5O6S2/c1-2-35(15-23(11-21-3-7-25(36)8-4-21)33-29(38)40-17-27-13-31-19-42-27)16-24(12-22-5-9-26(37)10-6-22)34-30(39)41-18-28-14-32-20-43-28/h3-10,13-14,19-20,23-24,36-37H,2,11-12,15-18H2,1H3,(H,33,38)(H,34,39)/t23-,24?/m1/s1. The monoisotopic (exact) mass is 625 g/mol. The van der Waals surface area contributed by atoms with Gasteiger partial charge < -0.3 is 30.3 Å². The normalized spacial score (nSPS) is 12.4. The van der Waals surface area contributed by atoms with Crippen LogP contribution >= 0.6 is 22.7 Å². The minimum atomic E-state index is -0.543. The summed E-state index contributed by atoms with van der Waals surface area (Å²) >= 11 is 2.82. The lowest BCUT2D eigenvalue weighted by Crippen LogP contribution is -2.50. The SMILES string of the molecule is CCN(CC(Cc1ccc(O)cc1)NC(=O)OCc1cncs1)C[C@@H](Cc1ccc(O)cc1)NC(=O)OCc1cncs1. The van der Waals surface area contributed by atoms with E-state index in [2.05, 4.69) is 25.5 Å². The van der Waals surface area contributed by atoms with Gasteiger partial charge in [0.15, 0.2) is 0 Å². The number of phenolic OH excluding ortho intramolecular Hbond substituents is 2. The molecule has 0 bridgehead atoms. The van der Waals surface area contributed by atoms with E-state index in [-0.39, 0.29) is 36.8 Å². The fourth-order valence-electron chi connectivity index (χ4n) is 4.43. The number of ether oxygens (including phenoxy) is 2. The Bertz CT molecular complexity index is 1280. The smallest absolute Gasteiger partial charge is 0.407 e. The Kier molecular flexibility index (Phi) is 12.1. The fourth-order valence-corrected chi connectivity index (χ4v) is 5.44. The first-order valence-electron chi connectivity index (χ1n) is 13.8. The molecule has 0 aliphatic rings. The van der Waals surface area contributed by atoms with Gasteiger partial charge in [0, 0.05) is 37.6 Å². The molecule has 0 saturated heterocycles. The average molecular weight is 626 g/mol. The van der Waals surface area contributed by atoms with Crippen LogP contribution in [0.1, 0.15) is 27.8 Å². The number of phenols is 2.